The summed E-state index contributed by atoms with van der Waals surface area (Å²) in [6.45, 7) is 0. The molecule has 0 heterocycles. The molecule has 2 aliphatic rings. The summed E-state index contributed by atoms with van der Waals surface area (Å²) in [6.07, 6.45) is 15.5. The van der Waals surface area contributed by atoms with E-state index in [-0.39, 0.29) is 0 Å². The summed E-state index contributed by atoms with van der Waals surface area (Å²) in [6, 6.07) is 0. The number of hydrogen-bond acceptors (Lipinski definition) is 0. The molecule has 2 rings (SSSR count). The fourth-order valence-corrected chi connectivity index (χ4v) is 9.18. The van der Waals surface area contributed by atoms with Gasteiger partial charge >= 0.3 is 95.8 Å². The van der Waals surface area contributed by atoms with Crippen LogP contribution in [0.2, 0.25) is 0 Å². The first-order chi connectivity index (χ1) is 6.21. The average molecular weight is 338 g/mol. The van der Waals surface area contributed by atoms with Gasteiger partial charge in [0.25, 0.3) is 0 Å². The van der Waals surface area contributed by atoms with Gasteiger partial charge < -0.3 is 0 Å². The Morgan fingerprint density at radius 3 is 1.69 bits per heavy atom. The van der Waals surface area contributed by atoms with Gasteiger partial charge in [0.1, 0.15) is 0 Å². The van der Waals surface area contributed by atoms with Crippen molar-refractivity contribution >= 4 is 26.3 Å². The second kappa shape index (κ2) is 4.02. The summed E-state index contributed by atoms with van der Waals surface area (Å²) >= 11 is 5.71. The van der Waals surface area contributed by atoms with E-state index < -0.39 is 12.4 Å². The minimum absolute atomic E-state index is 1.12. The molecule has 0 saturated carbocycles. The molecule has 0 spiro atoms. The van der Waals surface area contributed by atoms with Crippen molar-refractivity contribution in [1.29, 1.82) is 0 Å². The van der Waals surface area contributed by atoms with Gasteiger partial charge in [-0.3, -0.25) is 0 Å². The number of hydrogen-bond donors (Lipinski definition) is 0. The Morgan fingerprint density at radius 2 is 1.38 bits per heavy atom. The Kier molecular flexibility index (Phi) is 3.14. The van der Waals surface area contributed by atoms with E-state index in [1.165, 1.54) is 0 Å². The maximum atomic E-state index is 3.92. The first-order valence-corrected chi connectivity index (χ1v) is 13.6. The van der Waals surface area contributed by atoms with Crippen molar-refractivity contribution in [2.45, 2.75) is 12.8 Å². The summed E-state index contributed by atoms with van der Waals surface area (Å²) in [4.78, 5) is 0. The molecule has 0 amide bonds. The van der Waals surface area contributed by atoms with E-state index in [4.69, 9.17) is 0 Å². The number of allylic oxidation sites excluding steroid dienone is 8. The van der Waals surface area contributed by atoms with Crippen LogP contribution in [0.4, 0.5) is 0 Å². The van der Waals surface area contributed by atoms with Crippen LogP contribution in [0.1, 0.15) is 12.8 Å². The fraction of sp³-hybridized carbons (Fsp3) is 0.200. The zero-order valence-corrected chi connectivity index (χ0v) is 11.9. The Bertz CT molecular complexity index is 303. The molecular weight excluding hydrogens is 328 g/mol. The maximum absolute atomic E-state index is 3.92. The first kappa shape index (κ1) is 10.2. The third-order valence-electron chi connectivity index (χ3n) is 2.35. The molecule has 2 aliphatic carbocycles. The number of rotatable bonds is 2. The molecule has 0 nitrogen and oxygen atoms in total. The zero-order chi connectivity index (χ0) is 9.31. The van der Waals surface area contributed by atoms with Crippen molar-refractivity contribution in [2.24, 2.45) is 0 Å². The van der Waals surface area contributed by atoms with Gasteiger partial charge in [0.05, 0.1) is 0 Å². The molecule has 0 fully saturated rings. The van der Waals surface area contributed by atoms with E-state index in [1.54, 1.807) is 7.76 Å². The molecule has 0 aromatic heterocycles. The third kappa shape index (κ3) is 2.01. The predicted octanol–water partition coefficient (Wildman–Crippen LogP) is 4.45. The normalized spacial score (nSPS) is 20.8. The van der Waals surface area contributed by atoms with Crippen LogP contribution in [-0.2, 0) is 12.4 Å². The zero-order valence-electron chi connectivity index (χ0n) is 7.13. The SMILES string of the molecule is [Br][Ti]([Br])([C]1=CC=CC1)[C]1=CC=CC1. The van der Waals surface area contributed by atoms with Crippen LogP contribution < -0.4 is 0 Å². The Balaban J connectivity index is 2.20. The van der Waals surface area contributed by atoms with Crippen molar-refractivity contribution in [1.82, 2.24) is 0 Å². The minimum atomic E-state index is -2.14. The van der Waals surface area contributed by atoms with Gasteiger partial charge in [-0.05, 0) is 0 Å². The van der Waals surface area contributed by atoms with Crippen molar-refractivity contribution in [3.63, 3.8) is 0 Å². The van der Waals surface area contributed by atoms with E-state index in [1.807, 2.05) is 0 Å². The molecule has 0 aromatic carbocycles. The average Bonchev–Trinajstić information content (AvgIpc) is 2.78. The Labute approximate surface area is 94.9 Å². The molecule has 0 N–H and O–H groups in total. The topological polar surface area (TPSA) is 0 Å². The predicted molar refractivity (Wildman–Crippen MR) is 61.5 cm³/mol. The Morgan fingerprint density at radius 1 is 0.923 bits per heavy atom. The van der Waals surface area contributed by atoms with Crippen LogP contribution in [0.5, 0.6) is 0 Å². The quantitative estimate of drug-likeness (QED) is 0.653. The molecule has 3 heteroatoms. The summed E-state index contributed by atoms with van der Waals surface area (Å²) < 4.78 is 3.13. The van der Waals surface area contributed by atoms with Gasteiger partial charge in [-0.2, -0.15) is 0 Å². The monoisotopic (exact) mass is 336 g/mol. The summed E-state index contributed by atoms with van der Waals surface area (Å²) in [5, 5.41) is 0. The van der Waals surface area contributed by atoms with Crippen LogP contribution in [0.15, 0.2) is 44.2 Å². The summed E-state index contributed by atoms with van der Waals surface area (Å²) in [7, 11) is 0. The second-order valence-corrected chi connectivity index (χ2v) is 21.2. The van der Waals surface area contributed by atoms with E-state index in [2.05, 4.69) is 62.8 Å². The van der Waals surface area contributed by atoms with Gasteiger partial charge in [-0.1, -0.05) is 0 Å². The third-order valence-corrected chi connectivity index (χ3v) is 14.4. The molecule has 0 aliphatic heterocycles. The Hall–Kier alpha value is 0.634. The van der Waals surface area contributed by atoms with Gasteiger partial charge in [-0.25, -0.2) is 0 Å². The van der Waals surface area contributed by atoms with E-state index in [0.717, 1.165) is 12.8 Å². The standard InChI is InChI=1S/2C5H5.2BrH.Ti/c2*1-2-4-5-3-1;;;/h2*1-3H,4H2;2*1H;/q;;;;+2/p-2. The molecule has 0 saturated heterocycles. The van der Waals surface area contributed by atoms with E-state index in [9.17, 15) is 0 Å². The van der Waals surface area contributed by atoms with E-state index >= 15 is 0 Å². The molecule has 0 atom stereocenters. The van der Waals surface area contributed by atoms with Crippen molar-refractivity contribution < 1.29 is 12.4 Å². The number of halogens is 2. The van der Waals surface area contributed by atoms with Crippen LogP contribution in [0, 0.1) is 0 Å². The summed E-state index contributed by atoms with van der Waals surface area (Å²) in [5.41, 5.74) is 0. The van der Waals surface area contributed by atoms with Crippen molar-refractivity contribution in [3.05, 3.63) is 44.2 Å². The fourth-order valence-electron chi connectivity index (χ4n) is 1.57. The van der Waals surface area contributed by atoms with Crippen LogP contribution in [-0.4, -0.2) is 0 Å². The molecule has 0 aromatic rings. The van der Waals surface area contributed by atoms with Crippen LogP contribution in [0.3, 0.4) is 0 Å². The van der Waals surface area contributed by atoms with Gasteiger partial charge in [-0.15, -0.1) is 0 Å². The molecular formula is C10H10Br2Ti. The summed E-state index contributed by atoms with van der Waals surface area (Å²) in [5.74, 6) is 0. The van der Waals surface area contributed by atoms with Crippen LogP contribution >= 0.6 is 26.3 Å². The molecule has 13 heavy (non-hydrogen) atoms. The van der Waals surface area contributed by atoms with Gasteiger partial charge in [0, 0.05) is 0 Å². The van der Waals surface area contributed by atoms with Crippen molar-refractivity contribution in [3.8, 4) is 0 Å². The van der Waals surface area contributed by atoms with Gasteiger partial charge in [0.15, 0.2) is 0 Å². The van der Waals surface area contributed by atoms with Crippen molar-refractivity contribution in [2.75, 3.05) is 0 Å². The van der Waals surface area contributed by atoms with Crippen LogP contribution in [0.25, 0.3) is 0 Å². The molecule has 68 valence electrons. The van der Waals surface area contributed by atoms with E-state index in [0.29, 0.717) is 0 Å². The molecule has 0 bridgehead atoms. The van der Waals surface area contributed by atoms with Gasteiger partial charge in [0.2, 0.25) is 0 Å². The first-order valence-electron chi connectivity index (χ1n) is 4.31. The second-order valence-electron chi connectivity index (χ2n) is 3.22. The molecule has 0 unspecified atom stereocenters. The molecule has 0 radical (unpaired) electrons.